The van der Waals surface area contributed by atoms with E-state index in [2.05, 4.69) is 49.5 Å². The predicted octanol–water partition coefficient (Wildman–Crippen LogP) is 3.41. The fraction of sp³-hybridized carbons (Fsp3) is 0.500. The van der Waals surface area contributed by atoms with E-state index in [0.29, 0.717) is 0 Å². The predicted molar refractivity (Wildman–Crippen MR) is 99.5 cm³/mol. The molecule has 4 heterocycles. The third-order valence-electron chi connectivity index (χ3n) is 5.51. The highest BCUT2D eigenvalue weighted by Gasteiger charge is 2.52. The molecule has 2 aliphatic rings. The summed E-state index contributed by atoms with van der Waals surface area (Å²) in [6, 6.07) is 0. The van der Waals surface area contributed by atoms with Crippen LogP contribution in [-0.4, -0.2) is 52.9 Å². The Morgan fingerprint density at radius 3 is 2.75 bits per heavy atom. The van der Waals surface area contributed by atoms with E-state index >= 15 is 0 Å². The maximum absolute atomic E-state index is 13.4. The maximum Gasteiger partial charge on any atom is 0.191 e. The molecule has 0 aliphatic carbocycles. The van der Waals surface area contributed by atoms with E-state index in [1.54, 1.807) is 0 Å². The summed E-state index contributed by atoms with van der Waals surface area (Å²) in [6.07, 6.45) is 5.43. The van der Waals surface area contributed by atoms with Gasteiger partial charge in [-0.2, -0.15) is 0 Å². The highest BCUT2D eigenvalue weighted by atomic mass is 79.9. The first-order valence-corrected chi connectivity index (χ1v) is 9.19. The van der Waals surface area contributed by atoms with Crippen molar-refractivity contribution in [1.82, 2.24) is 14.9 Å². The summed E-state index contributed by atoms with van der Waals surface area (Å²) in [6.45, 7) is 7.27. The average molecular weight is 390 g/mol. The Bertz CT molecular complexity index is 805. The van der Waals surface area contributed by atoms with Crippen molar-refractivity contribution in [3.63, 3.8) is 0 Å². The standard InChI is InChI=1S/C18H22BrN4O/c1-11(2)10-23-6-4-18(5-7-23)16(24)15-13(22(18)3)9-21-17-14(15)12(19)8-20-17/h8-9H,4-7,10H2,1-3H3,(H,20,21). The summed E-state index contributed by atoms with van der Waals surface area (Å²) in [7, 11) is 2.05. The molecular weight excluding hydrogens is 368 g/mol. The van der Waals surface area contributed by atoms with E-state index in [1.807, 2.05) is 19.4 Å². The number of carbonyl (C=O) groups is 1. The van der Waals surface area contributed by atoms with Crippen molar-refractivity contribution >= 4 is 38.4 Å². The number of likely N-dealkylation sites (tertiary alicyclic amines) is 1. The summed E-state index contributed by atoms with van der Waals surface area (Å²) < 4.78 is 0.911. The molecule has 2 aliphatic heterocycles. The molecule has 1 fully saturated rings. The molecule has 1 saturated heterocycles. The number of nitrogens with one attached hydrogen (secondary N) is 1. The number of likely N-dealkylation sites (N-methyl/N-ethyl adjacent to an activating group) is 1. The number of halogens is 1. The number of nitrogens with zero attached hydrogens (tertiary/aromatic N) is 3. The number of anilines is 1. The lowest BCUT2D eigenvalue weighted by Crippen LogP contribution is -2.56. The van der Waals surface area contributed by atoms with Gasteiger partial charge < -0.3 is 14.8 Å². The van der Waals surface area contributed by atoms with Crippen LogP contribution in [0.15, 0.2) is 16.9 Å². The van der Waals surface area contributed by atoms with E-state index in [0.717, 1.165) is 59.2 Å². The Morgan fingerprint density at radius 2 is 2.08 bits per heavy atom. The molecule has 1 radical (unpaired) electrons. The van der Waals surface area contributed by atoms with Gasteiger partial charge in [0.15, 0.2) is 5.78 Å². The Labute approximate surface area is 150 Å². The monoisotopic (exact) mass is 389 g/mol. The van der Waals surface area contributed by atoms with Crippen LogP contribution >= 0.6 is 15.9 Å². The Balaban J connectivity index is 1.71. The summed E-state index contributed by atoms with van der Waals surface area (Å²) in [5.74, 6) is 1.67. The molecule has 0 amide bonds. The summed E-state index contributed by atoms with van der Waals surface area (Å²) in [5.41, 5.74) is 2.14. The van der Waals surface area contributed by atoms with Crippen molar-refractivity contribution in [3.8, 4) is 0 Å². The van der Waals surface area contributed by atoms with Crippen molar-refractivity contribution in [1.29, 1.82) is 0 Å². The first-order valence-electron chi connectivity index (χ1n) is 8.39. The molecule has 6 heteroatoms. The van der Waals surface area contributed by atoms with Gasteiger partial charge >= 0.3 is 0 Å². The minimum Gasteiger partial charge on any atom is -0.360 e. The molecule has 0 unspecified atom stereocenters. The number of H-pyrrole nitrogens is 1. The lowest BCUT2D eigenvalue weighted by Gasteiger charge is -2.43. The van der Waals surface area contributed by atoms with Gasteiger partial charge in [0.1, 0.15) is 11.2 Å². The van der Waals surface area contributed by atoms with E-state index in [4.69, 9.17) is 0 Å². The van der Waals surface area contributed by atoms with Gasteiger partial charge in [-0.1, -0.05) is 13.8 Å². The zero-order valence-corrected chi connectivity index (χ0v) is 15.9. The second kappa shape index (κ2) is 5.56. The second-order valence-electron chi connectivity index (χ2n) is 7.28. The van der Waals surface area contributed by atoms with Crippen LogP contribution in [0.4, 0.5) is 5.69 Å². The number of ketones is 1. The summed E-state index contributed by atoms with van der Waals surface area (Å²) >= 11 is 3.56. The Kier molecular flexibility index (Phi) is 3.73. The van der Waals surface area contributed by atoms with Crippen molar-refractivity contribution in [2.45, 2.75) is 32.2 Å². The molecule has 5 nitrogen and oxygen atoms in total. The first-order chi connectivity index (χ1) is 11.4. The lowest BCUT2D eigenvalue weighted by atomic mass is 9.82. The van der Waals surface area contributed by atoms with Gasteiger partial charge in [0.25, 0.3) is 0 Å². The Hall–Kier alpha value is -1.40. The van der Waals surface area contributed by atoms with Gasteiger partial charge in [-0.25, -0.2) is 4.98 Å². The van der Waals surface area contributed by atoms with E-state index in [-0.39, 0.29) is 5.78 Å². The number of hydrogen-bond acceptors (Lipinski definition) is 4. The van der Waals surface area contributed by atoms with Crippen LogP contribution in [0.25, 0.3) is 11.0 Å². The zero-order chi connectivity index (χ0) is 17.1. The van der Waals surface area contributed by atoms with Crippen LogP contribution in [-0.2, 0) is 0 Å². The number of rotatable bonds is 2. The van der Waals surface area contributed by atoms with E-state index in [9.17, 15) is 4.79 Å². The second-order valence-corrected chi connectivity index (χ2v) is 8.14. The number of aromatic amines is 1. The van der Waals surface area contributed by atoms with Crippen LogP contribution in [0, 0.1) is 5.92 Å². The van der Waals surface area contributed by atoms with Crippen LogP contribution in [0.2, 0.25) is 0 Å². The minimum absolute atomic E-state index is 0.254. The molecule has 0 saturated carbocycles. The van der Waals surface area contributed by atoms with Gasteiger partial charge in [0.05, 0.1) is 17.4 Å². The van der Waals surface area contributed by atoms with Crippen LogP contribution in [0.1, 0.15) is 37.0 Å². The van der Waals surface area contributed by atoms with Crippen molar-refractivity contribution in [3.05, 3.63) is 28.3 Å². The Morgan fingerprint density at radius 1 is 1.38 bits per heavy atom. The van der Waals surface area contributed by atoms with Crippen LogP contribution in [0.3, 0.4) is 0 Å². The van der Waals surface area contributed by atoms with E-state index < -0.39 is 5.54 Å². The molecule has 2 aromatic heterocycles. The lowest BCUT2D eigenvalue weighted by molar-refractivity contribution is 0.0807. The van der Waals surface area contributed by atoms with Gasteiger partial charge in [-0.3, -0.25) is 4.79 Å². The van der Waals surface area contributed by atoms with Crippen LogP contribution < -0.4 is 4.90 Å². The van der Waals surface area contributed by atoms with Crippen molar-refractivity contribution in [2.75, 3.05) is 31.6 Å². The third-order valence-corrected chi connectivity index (χ3v) is 6.13. The zero-order valence-electron chi connectivity index (χ0n) is 14.3. The number of aromatic nitrogens is 2. The number of carbonyl (C=O) groups excluding carboxylic acids is 1. The highest BCUT2D eigenvalue weighted by molar-refractivity contribution is 9.10. The topological polar surface area (TPSA) is 52.2 Å². The molecule has 4 rings (SSSR count). The molecule has 1 spiro atoms. The maximum atomic E-state index is 13.4. The van der Waals surface area contributed by atoms with E-state index in [1.165, 1.54) is 5.92 Å². The minimum atomic E-state index is -0.410. The summed E-state index contributed by atoms with van der Waals surface area (Å²) in [4.78, 5) is 25.7. The number of fused-ring (bicyclic) bond motifs is 3. The first kappa shape index (κ1) is 16.1. The molecule has 127 valence electrons. The van der Waals surface area contributed by atoms with Crippen molar-refractivity contribution in [2.24, 2.45) is 0 Å². The number of pyridine rings is 1. The fourth-order valence-electron chi connectivity index (χ4n) is 4.24. The van der Waals surface area contributed by atoms with Gasteiger partial charge in [0.2, 0.25) is 0 Å². The SMILES string of the molecule is C[C](C)CN1CCC2(CC1)C(=O)c1c(cnc3[nH]cc(Br)c13)N2C. The molecular formula is C18H22BrN4O. The number of piperidine rings is 1. The fourth-order valence-corrected chi connectivity index (χ4v) is 4.74. The van der Waals surface area contributed by atoms with Gasteiger partial charge in [-0.15, -0.1) is 0 Å². The van der Waals surface area contributed by atoms with Gasteiger partial charge in [0, 0.05) is 42.7 Å². The summed E-state index contributed by atoms with van der Waals surface area (Å²) in [5, 5.41) is 0.918. The number of Topliss-reactive ketones (excluding diaryl/α,β-unsaturated/α-hetero) is 1. The highest BCUT2D eigenvalue weighted by Crippen LogP contribution is 2.46. The molecule has 0 aromatic carbocycles. The quantitative estimate of drug-likeness (QED) is 0.854. The number of hydrogen-bond donors (Lipinski definition) is 1. The third kappa shape index (κ3) is 2.15. The van der Waals surface area contributed by atoms with Gasteiger partial charge in [-0.05, 0) is 34.7 Å². The normalized spacial score (nSPS) is 20.5. The largest absolute Gasteiger partial charge is 0.360 e. The molecule has 24 heavy (non-hydrogen) atoms. The average Bonchev–Trinajstić information content (AvgIpc) is 3.02. The molecule has 0 bridgehead atoms. The molecule has 2 aromatic rings. The van der Waals surface area contributed by atoms with Crippen LogP contribution in [0.5, 0.6) is 0 Å². The molecule has 0 atom stereocenters. The molecule has 1 N–H and O–H groups in total. The smallest absolute Gasteiger partial charge is 0.191 e. The van der Waals surface area contributed by atoms with Crippen molar-refractivity contribution < 1.29 is 4.79 Å².